The molecule has 1 heterocycles. The first-order valence-corrected chi connectivity index (χ1v) is 6.33. The molecule has 1 fully saturated rings. The van der Waals surface area contributed by atoms with Crippen LogP contribution < -0.4 is 0 Å². The van der Waals surface area contributed by atoms with Crippen molar-refractivity contribution in [2.45, 2.75) is 64.5 Å². The van der Waals surface area contributed by atoms with Gasteiger partial charge >= 0.3 is 7.12 Å². The van der Waals surface area contributed by atoms with Crippen molar-refractivity contribution in [3.05, 3.63) is 12.2 Å². The number of allylic oxidation sites excluding steroid dienone is 2. The molecule has 0 radical (unpaired) electrons. The number of carbonyl (C=O) groups is 1. The Morgan fingerprint density at radius 1 is 1.00 bits per heavy atom. The maximum atomic E-state index is 10.1. The van der Waals surface area contributed by atoms with E-state index in [0.717, 1.165) is 25.4 Å². The molecular weight excluding hydrogens is 215 g/mol. The number of rotatable bonds is 6. The fourth-order valence-corrected chi connectivity index (χ4v) is 1.71. The Balaban J connectivity index is 2.28. The summed E-state index contributed by atoms with van der Waals surface area (Å²) in [4.78, 5) is 10.1. The van der Waals surface area contributed by atoms with Crippen molar-refractivity contribution in [3.63, 3.8) is 0 Å². The summed E-state index contributed by atoms with van der Waals surface area (Å²) in [5.41, 5.74) is -0.494. The largest absolute Gasteiger partial charge is 0.461 e. The van der Waals surface area contributed by atoms with Gasteiger partial charge in [-0.25, -0.2) is 0 Å². The molecule has 0 saturated carbocycles. The Bertz CT molecular complexity index is 268. The average Bonchev–Trinajstić information content (AvgIpc) is 2.41. The highest BCUT2D eigenvalue weighted by Gasteiger charge is 2.50. The summed E-state index contributed by atoms with van der Waals surface area (Å²) in [5.74, 6) is 0. The molecule has 17 heavy (non-hydrogen) atoms. The van der Waals surface area contributed by atoms with E-state index in [1.807, 2.05) is 0 Å². The Morgan fingerprint density at radius 2 is 1.59 bits per heavy atom. The second-order valence-corrected chi connectivity index (χ2v) is 5.49. The van der Waals surface area contributed by atoms with Crippen molar-refractivity contribution in [1.29, 1.82) is 0 Å². The number of hydrogen-bond acceptors (Lipinski definition) is 3. The third kappa shape index (κ3) is 3.96. The van der Waals surface area contributed by atoms with E-state index < -0.39 is 0 Å². The lowest BCUT2D eigenvalue weighted by Gasteiger charge is -2.32. The third-order valence-corrected chi connectivity index (χ3v) is 3.49. The molecule has 0 aromatic heterocycles. The summed E-state index contributed by atoms with van der Waals surface area (Å²) >= 11 is 0. The SMILES string of the molecule is CC1(C)OB(C/C=C/CCCC=O)OC1(C)C. The molecule has 1 aliphatic rings. The van der Waals surface area contributed by atoms with Crippen LogP contribution in [0.25, 0.3) is 0 Å². The lowest BCUT2D eigenvalue weighted by atomic mass is 9.85. The van der Waals surface area contributed by atoms with Crippen molar-refractivity contribution in [3.8, 4) is 0 Å². The normalized spacial score (nSPS) is 22.2. The first kappa shape index (κ1) is 14.5. The number of hydrogen-bond donors (Lipinski definition) is 0. The maximum Gasteiger partial charge on any atom is 0.461 e. The molecule has 1 saturated heterocycles. The molecule has 0 unspecified atom stereocenters. The fourth-order valence-electron chi connectivity index (χ4n) is 1.71. The van der Waals surface area contributed by atoms with E-state index in [1.54, 1.807) is 0 Å². The van der Waals surface area contributed by atoms with Crippen LogP contribution in [-0.4, -0.2) is 24.6 Å². The van der Waals surface area contributed by atoms with Gasteiger partial charge in [-0.3, -0.25) is 0 Å². The highest BCUT2D eigenvalue weighted by atomic mass is 16.7. The zero-order chi connectivity index (χ0) is 12.9. The van der Waals surface area contributed by atoms with E-state index in [1.165, 1.54) is 0 Å². The summed E-state index contributed by atoms with van der Waals surface area (Å²) in [5, 5.41) is 0. The summed E-state index contributed by atoms with van der Waals surface area (Å²) in [6, 6.07) is 0. The number of unbranched alkanes of at least 4 members (excludes halogenated alkanes) is 2. The van der Waals surface area contributed by atoms with Crippen LogP contribution in [-0.2, 0) is 14.1 Å². The maximum absolute atomic E-state index is 10.1. The zero-order valence-corrected chi connectivity index (χ0v) is 11.4. The molecule has 0 spiro atoms. The summed E-state index contributed by atoms with van der Waals surface area (Å²) in [6.07, 6.45) is 8.40. The molecule has 96 valence electrons. The molecule has 0 aromatic carbocycles. The van der Waals surface area contributed by atoms with Gasteiger partial charge in [-0.2, -0.15) is 0 Å². The fraction of sp³-hybridized carbons (Fsp3) is 0.769. The van der Waals surface area contributed by atoms with Crippen molar-refractivity contribution in [1.82, 2.24) is 0 Å². The van der Waals surface area contributed by atoms with Gasteiger partial charge in [0.05, 0.1) is 11.2 Å². The van der Waals surface area contributed by atoms with Crippen molar-refractivity contribution < 1.29 is 14.1 Å². The van der Waals surface area contributed by atoms with Crippen LogP contribution >= 0.6 is 0 Å². The van der Waals surface area contributed by atoms with E-state index in [9.17, 15) is 4.79 Å². The average molecular weight is 238 g/mol. The van der Waals surface area contributed by atoms with E-state index in [-0.39, 0.29) is 18.3 Å². The van der Waals surface area contributed by atoms with Crippen LogP contribution in [0.1, 0.15) is 47.0 Å². The van der Waals surface area contributed by atoms with Crippen LogP contribution in [0.4, 0.5) is 0 Å². The van der Waals surface area contributed by atoms with Gasteiger partial charge < -0.3 is 14.1 Å². The van der Waals surface area contributed by atoms with E-state index >= 15 is 0 Å². The summed E-state index contributed by atoms with van der Waals surface area (Å²) in [6.45, 7) is 8.23. The first-order valence-electron chi connectivity index (χ1n) is 6.33. The van der Waals surface area contributed by atoms with Crippen LogP contribution in [0, 0.1) is 0 Å². The lowest BCUT2D eigenvalue weighted by Crippen LogP contribution is -2.41. The molecule has 0 bridgehead atoms. The topological polar surface area (TPSA) is 35.5 Å². The Labute approximate surface area is 105 Å². The van der Waals surface area contributed by atoms with E-state index in [0.29, 0.717) is 6.42 Å². The summed E-state index contributed by atoms with van der Waals surface area (Å²) in [7, 11) is -0.151. The van der Waals surface area contributed by atoms with Crippen LogP contribution in [0.5, 0.6) is 0 Å². The van der Waals surface area contributed by atoms with Gasteiger partial charge in [-0.05, 0) is 40.5 Å². The summed E-state index contributed by atoms with van der Waals surface area (Å²) < 4.78 is 11.7. The van der Waals surface area contributed by atoms with Crippen molar-refractivity contribution in [2.24, 2.45) is 0 Å². The Kier molecular flexibility index (Phi) is 4.96. The monoisotopic (exact) mass is 238 g/mol. The quantitative estimate of drug-likeness (QED) is 0.309. The predicted octanol–water partition coefficient (Wildman–Crippen LogP) is 3.00. The van der Waals surface area contributed by atoms with Crippen LogP contribution in [0.2, 0.25) is 6.32 Å². The van der Waals surface area contributed by atoms with Gasteiger partial charge in [-0.1, -0.05) is 12.2 Å². The molecule has 0 aromatic rings. The second-order valence-electron chi connectivity index (χ2n) is 5.49. The van der Waals surface area contributed by atoms with Gasteiger partial charge in [0.15, 0.2) is 0 Å². The van der Waals surface area contributed by atoms with Gasteiger partial charge in [0.1, 0.15) is 6.29 Å². The smallest absolute Gasteiger partial charge is 0.403 e. The molecule has 0 N–H and O–H groups in total. The van der Waals surface area contributed by atoms with Gasteiger partial charge in [0, 0.05) is 12.7 Å². The number of aldehydes is 1. The molecule has 0 amide bonds. The Hall–Kier alpha value is -0.605. The molecule has 1 aliphatic heterocycles. The molecule has 3 nitrogen and oxygen atoms in total. The minimum absolute atomic E-state index is 0.151. The van der Waals surface area contributed by atoms with Gasteiger partial charge in [-0.15, -0.1) is 0 Å². The highest BCUT2D eigenvalue weighted by Crippen LogP contribution is 2.37. The van der Waals surface area contributed by atoms with Crippen LogP contribution in [0.15, 0.2) is 12.2 Å². The van der Waals surface area contributed by atoms with E-state index in [4.69, 9.17) is 9.31 Å². The van der Waals surface area contributed by atoms with Crippen molar-refractivity contribution in [2.75, 3.05) is 0 Å². The van der Waals surface area contributed by atoms with Gasteiger partial charge in [0.25, 0.3) is 0 Å². The Morgan fingerprint density at radius 3 is 2.12 bits per heavy atom. The minimum atomic E-state index is -0.247. The molecule has 0 aliphatic carbocycles. The van der Waals surface area contributed by atoms with E-state index in [2.05, 4.69) is 39.8 Å². The third-order valence-electron chi connectivity index (χ3n) is 3.49. The number of carbonyl (C=O) groups excluding carboxylic acids is 1. The van der Waals surface area contributed by atoms with Crippen molar-refractivity contribution >= 4 is 13.4 Å². The van der Waals surface area contributed by atoms with Gasteiger partial charge in [0.2, 0.25) is 0 Å². The molecule has 4 heteroatoms. The second kappa shape index (κ2) is 5.83. The molecular formula is C13H23BO3. The lowest BCUT2D eigenvalue weighted by molar-refractivity contribution is -0.107. The standard InChI is InChI=1S/C13H23BO3/c1-12(2)13(3,4)17-14(16-12)10-8-6-5-7-9-11-15/h6,8,11H,5,7,9-10H2,1-4H3/b8-6+. The predicted molar refractivity (Wildman–Crippen MR) is 69.9 cm³/mol. The highest BCUT2D eigenvalue weighted by molar-refractivity contribution is 6.46. The zero-order valence-electron chi connectivity index (χ0n) is 11.4. The minimum Gasteiger partial charge on any atom is -0.403 e. The first-order chi connectivity index (χ1) is 7.89. The molecule has 1 rings (SSSR count). The van der Waals surface area contributed by atoms with Crippen LogP contribution in [0.3, 0.4) is 0 Å². The molecule has 0 atom stereocenters.